The molecule has 7 nitrogen and oxygen atoms in total. The van der Waals surface area contributed by atoms with E-state index in [0.29, 0.717) is 49.4 Å². The van der Waals surface area contributed by atoms with Crippen LogP contribution in [0.3, 0.4) is 0 Å². The Morgan fingerprint density at radius 2 is 2.03 bits per heavy atom. The third kappa shape index (κ3) is 5.16. The summed E-state index contributed by atoms with van der Waals surface area (Å²) in [5.74, 6) is -2.02. The molecule has 1 aromatic rings. The Hall–Kier alpha value is -2.29. The molecule has 3 fully saturated rings. The minimum absolute atomic E-state index is 0.00308. The van der Waals surface area contributed by atoms with Gasteiger partial charge in [0.2, 0.25) is 5.91 Å². The number of hydrogen-bond donors (Lipinski definition) is 1. The number of rotatable bonds is 13. The number of aryl methyl sites for hydroxylation is 1. The van der Waals surface area contributed by atoms with Crippen LogP contribution in [0, 0.1) is 18.8 Å². The highest BCUT2D eigenvalue weighted by Crippen LogP contribution is 2.71. The molecule has 2 bridgehead atoms. The molecule has 3 aliphatic heterocycles. The zero-order valence-electron chi connectivity index (χ0n) is 22.9. The Morgan fingerprint density at radius 1 is 1.26 bits per heavy atom. The fourth-order valence-electron chi connectivity index (χ4n) is 6.72. The molecule has 4 rings (SSSR count). The minimum atomic E-state index is -0.769. The SMILES string of the molecule is C=CCCCOC(=O)[C@H]1[C@H]2C(=O)N(CCCCO)C(C(=O)N(CC=C)c3c(C)cccc3Cl)C23CC[C@]1(C)S3. The van der Waals surface area contributed by atoms with E-state index in [0.717, 1.165) is 12.0 Å². The number of carbonyl (C=O) groups excluding carboxylic acids is 3. The number of aliphatic hydroxyl groups is 1. The van der Waals surface area contributed by atoms with Gasteiger partial charge < -0.3 is 19.6 Å². The van der Waals surface area contributed by atoms with Crippen LogP contribution in [0.25, 0.3) is 0 Å². The zero-order chi connectivity index (χ0) is 28.4. The number of nitrogens with zero attached hydrogens (tertiary/aromatic N) is 2. The molecular formula is C30H39ClN2O5S. The van der Waals surface area contributed by atoms with Gasteiger partial charge in [-0.2, -0.15) is 0 Å². The average Bonchev–Trinajstić information content (AvgIpc) is 3.46. The van der Waals surface area contributed by atoms with Gasteiger partial charge in [-0.1, -0.05) is 35.9 Å². The number of amides is 2. The number of halogens is 1. The lowest BCUT2D eigenvalue weighted by Crippen LogP contribution is -2.55. The molecule has 2 amide bonds. The Kier molecular flexibility index (Phi) is 9.19. The van der Waals surface area contributed by atoms with Crippen LogP contribution in [-0.2, 0) is 19.1 Å². The van der Waals surface area contributed by atoms with Crippen molar-refractivity contribution in [1.82, 2.24) is 4.90 Å². The van der Waals surface area contributed by atoms with Crippen molar-refractivity contribution in [3.63, 3.8) is 0 Å². The monoisotopic (exact) mass is 574 g/mol. The lowest BCUT2D eigenvalue weighted by Gasteiger charge is -2.37. The van der Waals surface area contributed by atoms with Crippen LogP contribution in [0.1, 0.15) is 51.0 Å². The number of benzene rings is 1. The Labute approximate surface area is 240 Å². The number of fused-ring (bicyclic) bond motifs is 1. The van der Waals surface area contributed by atoms with Crippen LogP contribution in [0.4, 0.5) is 5.69 Å². The third-order valence-corrected chi connectivity index (χ3v) is 10.7. The number of hydrogen-bond acceptors (Lipinski definition) is 6. The molecule has 9 heteroatoms. The summed E-state index contributed by atoms with van der Waals surface area (Å²) in [5.41, 5.74) is 1.45. The molecule has 1 spiro atoms. The fourth-order valence-corrected chi connectivity index (χ4v) is 9.38. The third-order valence-electron chi connectivity index (χ3n) is 8.40. The number of carbonyl (C=O) groups is 3. The van der Waals surface area contributed by atoms with Crippen LogP contribution in [-0.4, -0.2) is 69.6 Å². The first-order valence-corrected chi connectivity index (χ1v) is 14.9. The van der Waals surface area contributed by atoms with E-state index >= 15 is 0 Å². The summed E-state index contributed by atoms with van der Waals surface area (Å²) in [5, 5.41) is 9.86. The van der Waals surface area contributed by atoms with Crippen molar-refractivity contribution in [3.8, 4) is 0 Å². The molecule has 0 saturated carbocycles. The maximum absolute atomic E-state index is 14.6. The fraction of sp³-hybridized carbons (Fsp3) is 0.567. The highest BCUT2D eigenvalue weighted by Gasteiger charge is 2.77. The lowest BCUT2D eigenvalue weighted by atomic mass is 9.66. The molecule has 0 radical (unpaired) electrons. The van der Waals surface area contributed by atoms with Crippen LogP contribution in [0.5, 0.6) is 0 Å². The summed E-state index contributed by atoms with van der Waals surface area (Å²) in [6.07, 6.45) is 7.31. The Morgan fingerprint density at radius 3 is 2.69 bits per heavy atom. The van der Waals surface area contributed by atoms with Gasteiger partial charge in [0.25, 0.3) is 5.91 Å². The first-order valence-electron chi connectivity index (χ1n) is 13.7. The molecule has 3 aliphatic rings. The van der Waals surface area contributed by atoms with Gasteiger partial charge >= 0.3 is 5.97 Å². The topological polar surface area (TPSA) is 87.1 Å². The van der Waals surface area contributed by atoms with Crippen molar-refractivity contribution >= 4 is 46.8 Å². The predicted molar refractivity (Wildman–Crippen MR) is 156 cm³/mol. The largest absolute Gasteiger partial charge is 0.465 e. The van der Waals surface area contributed by atoms with Crippen molar-refractivity contribution < 1.29 is 24.2 Å². The summed E-state index contributed by atoms with van der Waals surface area (Å²) < 4.78 is 4.45. The van der Waals surface area contributed by atoms with Gasteiger partial charge in [0, 0.05) is 24.4 Å². The van der Waals surface area contributed by atoms with E-state index in [1.54, 1.807) is 39.8 Å². The number of anilines is 1. The molecule has 3 saturated heterocycles. The normalized spacial score (nSPS) is 28.9. The highest BCUT2D eigenvalue weighted by molar-refractivity contribution is 8.02. The summed E-state index contributed by atoms with van der Waals surface area (Å²) in [6.45, 7) is 12.4. The zero-order valence-corrected chi connectivity index (χ0v) is 24.4. The van der Waals surface area contributed by atoms with E-state index < -0.39 is 27.4 Å². The molecule has 0 aliphatic carbocycles. The predicted octanol–water partition coefficient (Wildman–Crippen LogP) is 4.93. The lowest BCUT2D eigenvalue weighted by molar-refractivity contribution is -0.155. The van der Waals surface area contributed by atoms with Crippen molar-refractivity contribution in [2.75, 3.05) is 31.2 Å². The summed E-state index contributed by atoms with van der Waals surface area (Å²) >= 11 is 8.23. The number of esters is 1. The van der Waals surface area contributed by atoms with E-state index in [1.165, 1.54) is 0 Å². The van der Waals surface area contributed by atoms with Crippen molar-refractivity contribution in [3.05, 3.63) is 54.1 Å². The highest BCUT2D eigenvalue weighted by atomic mass is 35.5. The second-order valence-corrected chi connectivity index (χ2v) is 13.2. The van der Waals surface area contributed by atoms with Gasteiger partial charge in [-0.3, -0.25) is 14.4 Å². The van der Waals surface area contributed by atoms with Crippen LogP contribution in [0.15, 0.2) is 43.5 Å². The number of allylic oxidation sites excluding steroid dienone is 1. The van der Waals surface area contributed by atoms with E-state index in [1.807, 2.05) is 26.0 Å². The average molecular weight is 575 g/mol. The number of thioether (sulfide) groups is 1. The van der Waals surface area contributed by atoms with Crippen LogP contribution >= 0.6 is 23.4 Å². The number of para-hydroxylation sites is 1. The minimum Gasteiger partial charge on any atom is -0.465 e. The molecule has 1 aromatic carbocycles. The van der Waals surface area contributed by atoms with Gasteiger partial charge in [0.1, 0.15) is 6.04 Å². The second-order valence-electron chi connectivity index (χ2n) is 10.9. The first-order chi connectivity index (χ1) is 18.7. The molecule has 2 unspecified atom stereocenters. The molecule has 0 aromatic heterocycles. The van der Waals surface area contributed by atoms with Gasteiger partial charge in [0.05, 0.1) is 33.9 Å². The molecule has 1 N–H and O–H groups in total. The molecule has 3 heterocycles. The standard InChI is InChI=1S/C30H39ClN2O5S/c1-5-7-10-19-38-28(37)23-22-26(35)33(17-8-9-18-34)25(30(22)15-14-29(23,4)39-30)27(36)32(16-6-2)24-20(3)12-11-13-21(24)31/h5-6,11-13,22-23,25,34H,1-2,7-10,14-19H2,3-4H3/t22-,23+,25?,29-,30?/m0/s1. The Balaban J connectivity index is 1.75. The smallest absolute Gasteiger partial charge is 0.311 e. The van der Waals surface area contributed by atoms with Crippen LogP contribution in [0.2, 0.25) is 5.02 Å². The summed E-state index contributed by atoms with van der Waals surface area (Å²) in [4.78, 5) is 45.6. The number of aliphatic hydroxyl groups excluding tert-OH is 1. The molecule has 212 valence electrons. The number of unbranched alkanes of at least 4 members (excludes halogenated alkanes) is 2. The maximum Gasteiger partial charge on any atom is 0.311 e. The maximum atomic E-state index is 14.6. The van der Waals surface area contributed by atoms with Gasteiger partial charge in [-0.15, -0.1) is 24.9 Å². The van der Waals surface area contributed by atoms with Crippen molar-refractivity contribution in [1.29, 1.82) is 0 Å². The molecule has 5 atom stereocenters. The van der Waals surface area contributed by atoms with Crippen molar-refractivity contribution in [2.24, 2.45) is 11.8 Å². The summed E-state index contributed by atoms with van der Waals surface area (Å²) in [6, 6.07) is 4.73. The van der Waals surface area contributed by atoms with Gasteiger partial charge in [-0.05, 0) is 64.0 Å². The van der Waals surface area contributed by atoms with E-state index in [-0.39, 0.29) is 37.5 Å². The van der Waals surface area contributed by atoms with Gasteiger partial charge in [-0.25, -0.2) is 0 Å². The summed E-state index contributed by atoms with van der Waals surface area (Å²) in [7, 11) is 0. The quantitative estimate of drug-likeness (QED) is 0.204. The first kappa shape index (κ1) is 29.7. The van der Waals surface area contributed by atoms with Crippen molar-refractivity contribution in [2.45, 2.75) is 67.9 Å². The van der Waals surface area contributed by atoms with E-state index in [2.05, 4.69) is 13.2 Å². The van der Waals surface area contributed by atoms with E-state index in [4.69, 9.17) is 16.3 Å². The second kappa shape index (κ2) is 12.1. The Bertz CT molecular complexity index is 1120. The number of likely N-dealkylation sites (tertiary alicyclic amines) is 1. The van der Waals surface area contributed by atoms with Gasteiger partial charge in [0.15, 0.2) is 0 Å². The van der Waals surface area contributed by atoms with E-state index in [9.17, 15) is 19.5 Å². The molecular weight excluding hydrogens is 536 g/mol. The van der Waals surface area contributed by atoms with Crippen LogP contribution < -0.4 is 4.90 Å². The molecule has 39 heavy (non-hydrogen) atoms. The number of ether oxygens (including phenoxy) is 1.